The zero-order chi connectivity index (χ0) is 17.6. The molecule has 0 spiro atoms. The first-order chi connectivity index (χ1) is 12.1. The van der Waals surface area contributed by atoms with Crippen LogP contribution in [0.4, 0.5) is 0 Å². The van der Waals surface area contributed by atoms with E-state index in [4.69, 9.17) is 0 Å². The number of rotatable bonds is 5. The van der Waals surface area contributed by atoms with Crippen molar-refractivity contribution in [2.75, 3.05) is 19.6 Å². The molecule has 3 rings (SSSR count). The highest BCUT2D eigenvalue weighted by Gasteiger charge is 2.20. The quantitative estimate of drug-likeness (QED) is 0.902. The number of hydrogen-bond acceptors (Lipinski definition) is 2. The lowest BCUT2D eigenvalue weighted by Gasteiger charge is -2.32. The molecule has 0 aliphatic carbocycles. The van der Waals surface area contributed by atoms with Crippen molar-refractivity contribution in [3.8, 4) is 0 Å². The summed E-state index contributed by atoms with van der Waals surface area (Å²) in [7, 11) is 0. The average molecular weight is 336 g/mol. The number of benzene rings is 2. The van der Waals surface area contributed by atoms with Crippen molar-refractivity contribution < 1.29 is 4.79 Å². The summed E-state index contributed by atoms with van der Waals surface area (Å²) in [5.74, 6) is 0.0502. The molecule has 3 nitrogen and oxygen atoms in total. The second kappa shape index (κ2) is 8.30. The first-order valence-electron chi connectivity index (χ1n) is 9.26. The van der Waals surface area contributed by atoms with E-state index >= 15 is 0 Å². The van der Waals surface area contributed by atoms with Gasteiger partial charge in [-0.2, -0.15) is 0 Å². The van der Waals surface area contributed by atoms with E-state index in [1.165, 1.54) is 16.7 Å². The normalized spacial score (nSPS) is 15.9. The van der Waals surface area contributed by atoms with Crippen LogP contribution in [-0.2, 0) is 6.42 Å². The van der Waals surface area contributed by atoms with E-state index in [1.54, 1.807) is 0 Å². The largest absolute Gasteiger partial charge is 0.349 e. The first-order valence-corrected chi connectivity index (χ1v) is 9.26. The minimum Gasteiger partial charge on any atom is -0.349 e. The maximum atomic E-state index is 12.2. The van der Waals surface area contributed by atoms with E-state index in [0.29, 0.717) is 6.04 Å². The third-order valence-electron chi connectivity index (χ3n) is 5.25. The highest BCUT2D eigenvalue weighted by atomic mass is 16.1. The Morgan fingerprint density at radius 2 is 1.76 bits per heavy atom. The number of amides is 1. The Balaban J connectivity index is 1.42. The van der Waals surface area contributed by atoms with Crippen LogP contribution in [0.15, 0.2) is 48.5 Å². The van der Waals surface area contributed by atoms with E-state index < -0.39 is 0 Å². The third-order valence-corrected chi connectivity index (χ3v) is 5.25. The topological polar surface area (TPSA) is 32.3 Å². The van der Waals surface area contributed by atoms with Gasteiger partial charge < -0.3 is 10.2 Å². The van der Waals surface area contributed by atoms with Gasteiger partial charge in [0, 0.05) is 31.2 Å². The molecule has 25 heavy (non-hydrogen) atoms. The molecule has 0 saturated carbocycles. The fraction of sp³-hybridized carbons (Fsp3) is 0.409. The van der Waals surface area contributed by atoms with Crippen molar-refractivity contribution in [1.82, 2.24) is 10.2 Å². The maximum Gasteiger partial charge on any atom is 0.251 e. The van der Waals surface area contributed by atoms with Crippen molar-refractivity contribution in [2.24, 2.45) is 0 Å². The van der Waals surface area contributed by atoms with Crippen LogP contribution in [0.5, 0.6) is 0 Å². The lowest BCUT2D eigenvalue weighted by atomic mass is 10.0. The van der Waals surface area contributed by atoms with Gasteiger partial charge >= 0.3 is 0 Å². The Morgan fingerprint density at radius 1 is 1.04 bits per heavy atom. The molecule has 3 heteroatoms. The molecule has 1 amide bonds. The zero-order valence-electron chi connectivity index (χ0n) is 15.3. The molecule has 1 aliphatic heterocycles. The smallest absolute Gasteiger partial charge is 0.251 e. The molecule has 0 bridgehead atoms. The summed E-state index contributed by atoms with van der Waals surface area (Å²) in [6.45, 7) is 7.56. The molecule has 1 N–H and O–H groups in total. The maximum absolute atomic E-state index is 12.2. The number of aryl methyl sites for hydroxylation is 2. The first kappa shape index (κ1) is 17.7. The van der Waals surface area contributed by atoms with Crippen LogP contribution >= 0.6 is 0 Å². The van der Waals surface area contributed by atoms with Crippen molar-refractivity contribution in [1.29, 1.82) is 0 Å². The highest BCUT2D eigenvalue weighted by molar-refractivity contribution is 5.94. The van der Waals surface area contributed by atoms with Gasteiger partial charge in [0.25, 0.3) is 5.91 Å². The van der Waals surface area contributed by atoms with Gasteiger partial charge in [-0.15, -0.1) is 0 Å². The number of hydrogen-bond donors (Lipinski definition) is 1. The number of nitrogens with one attached hydrogen (secondary N) is 1. The Kier molecular flexibility index (Phi) is 5.87. The van der Waals surface area contributed by atoms with E-state index in [1.807, 2.05) is 30.3 Å². The lowest BCUT2D eigenvalue weighted by Crippen LogP contribution is -2.45. The van der Waals surface area contributed by atoms with E-state index in [0.717, 1.165) is 44.5 Å². The van der Waals surface area contributed by atoms with Crippen LogP contribution in [0.1, 0.15) is 39.9 Å². The van der Waals surface area contributed by atoms with Gasteiger partial charge in [-0.3, -0.25) is 4.79 Å². The van der Waals surface area contributed by atoms with Gasteiger partial charge in [-0.25, -0.2) is 0 Å². The molecule has 1 heterocycles. The standard InChI is InChI=1S/C22H28N2O/c1-17-8-9-19(16-18(17)2)10-13-24-14-11-21(12-15-24)23-22(25)20-6-4-3-5-7-20/h3-9,16,21H,10-15H2,1-2H3,(H,23,25). The number of likely N-dealkylation sites (tertiary alicyclic amines) is 1. The monoisotopic (exact) mass is 336 g/mol. The van der Waals surface area contributed by atoms with Gasteiger partial charge in [0.15, 0.2) is 0 Å². The third kappa shape index (κ3) is 4.93. The minimum absolute atomic E-state index is 0.0502. The summed E-state index contributed by atoms with van der Waals surface area (Å²) in [5.41, 5.74) is 4.90. The molecule has 0 radical (unpaired) electrons. The van der Waals surface area contributed by atoms with Gasteiger partial charge in [0.1, 0.15) is 0 Å². The predicted octanol–water partition coefficient (Wildman–Crippen LogP) is 3.74. The van der Waals surface area contributed by atoms with Crippen molar-refractivity contribution >= 4 is 5.91 Å². The second-order valence-electron chi connectivity index (χ2n) is 7.12. The summed E-state index contributed by atoms with van der Waals surface area (Å²) in [6, 6.07) is 16.6. The molecular formula is C22H28N2O. The lowest BCUT2D eigenvalue weighted by molar-refractivity contribution is 0.0911. The molecule has 1 aliphatic rings. The van der Waals surface area contributed by atoms with Crippen molar-refractivity contribution in [2.45, 2.75) is 39.2 Å². The number of carbonyl (C=O) groups is 1. The fourth-order valence-corrected chi connectivity index (χ4v) is 3.41. The van der Waals surface area contributed by atoms with Gasteiger partial charge in [0.05, 0.1) is 0 Å². The average Bonchev–Trinajstić information content (AvgIpc) is 2.64. The molecule has 1 fully saturated rings. The van der Waals surface area contributed by atoms with Crippen LogP contribution in [0.2, 0.25) is 0 Å². The van der Waals surface area contributed by atoms with Crippen molar-refractivity contribution in [3.63, 3.8) is 0 Å². The number of carbonyl (C=O) groups excluding carboxylic acids is 1. The second-order valence-corrected chi connectivity index (χ2v) is 7.12. The molecule has 0 aromatic heterocycles. The summed E-state index contributed by atoms with van der Waals surface area (Å²) in [4.78, 5) is 14.8. The van der Waals surface area contributed by atoms with Crippen LogP contribution < -0.4 is 5.32 Å². The zero-order valence-corrected chi connectivity index (χ0v) is 15.3. The SMILES string of the molecule is Cc1ccc(CCN2CCC(NC(=O)c3ccccc3)CC2)cc1C. The van der Waals surface area contributed by atoms with E-state index in [2.05, 4.69) is 42.3 Å². The molecular weight excluding hydrogens is 308 g/mol. The van der Waals surface area contributed by atoms with Crippen molar-refractivity contribution in [3.05, 3.63) is 70.8 Å². The van der Waals surface area contributed by atoms with E-state index in [9.17, 15) is 4.79 Å². The summed E-state index contributed by atoms with van der Waals surface area (Å²) < 4.78 is 0. The Bertz CT molecular complexity index is 703. The van der Waals surface area contributed by atoms with Crippen LogP contribution in [0, 0.1) is 13.8 Å². The summed E-state index contributed by atoms with van der Waals surface area (Å²) >= 11 is 0. The van der Waals surface area contributed by atoms with Gasteiger partial charge in [-0.05, 0) is 61.9 Å². The van der Waals surface area contributed by atoms with Gasteiger partial charge in [-0.1, -0.05) is 36.4 Å². The summed E-state index contributed by atoms with van der Waals surface area (Å²) in [6.07, 6.45) is 3.17. The van der Waals surface area contributed by atoms with Crippen LogP contribution in [0.25, 0.3) is 0 Å². The Hall–Kier alpha value is -2.13. The molecule has 2 aromatic rings. The Morgan fingerprint density at radius 3 is 2.44 bits per heavy atom. The molecule has 132 valence electrons. The highest BCUT2D eigenvalue weighted by Crippen LogP contribution is 2.14. The minimum atomic E-state index is 0.0502. The molecule has 0 unspecified atom stereocenters. The van der Waals surface area contributed by atoms with Crippen LogP contribution in [0.3, 0.4) is 0 Å². The Labute approximate surface area is 151 Å². The van der Waals surface area contributed by atoms with E-state index in [-0.39, 0.29) is 5.91 Å². The summed E-state index contributed by atoms with van der Waals surface area (Å²) in [5, 5.41) is 3.18. The van der Waals surface area contributed by atoms with Crippen LogP contribution in [-0.4, -0.2) is 36.5 Å². The molecule has 0 atom stereocenters. The predicted molar refractivity (Wildman–Crippen MR) is 103 cm³/mol. The van der Waals surface area contributed by atoms with Gasteiger partial charge in [0.2, 0.25) is 0 Å². The number of piperidine rings is 1. The molecule has 1 saturated heterocycles. The molecule has 2 aromatic carbocycles. The number of nitrogens with zero attached hydrogens (tertiary/aromatic N) is 1. The fourth-order valence-electron chi connectivity index (χ4n) is 3.41.